The number of ketones is 1. The summed E-state index contributed by atoms with van der Waals surface area (Å²) in [5.74, 6) is 1.49. The fraction of sp³-hybridized carbons (Fsp3) is 0.562. The van der Waals surface area contributed by atoms with Crippen molar-refractivity contribution in [3.05, 3.63) is 26.6 Å². The van der Waals surface area contributed by atoms with Crippen LogP contribution >= 0.6 is 11.3 Å². The summed E-state index contributed by atoms with van der Waals surface area (Å²) in [4.78, 5) is 30.8. The van der Waals surface area contributed by atoms with Crippen LogP contribution in [0.4, 0.5) is 0 Å². The summed E-state index contributed by atoms with van der Waals surface area (Å²) in [6.45, 7) is 6.10. The van der Waals surface area contributed by atoms with Gasteiger partial charge in [0.1, 0.15) is 16.4 Å². The molecule has 0 aromatic carbocycles. The van der Waals surface area contributed by atoms with Gasteiger partial charge in [0.05, 0.1) is 5.39 Å². The highest BCUT2D eigenvalue weighted by atomic mass is 32.1. The maximum absolute atomic E-state index is 12.8. The Morgan fingerprint density at radius 2 is 2.24 bits per heavy atom. The molecule has 21 heavy (non-hydrogen) atoms. The highest BCUT2D eigenvalue weighted by Gasteiger charge is 2.23. The van der Waals surface area contributed by atoms with Gasteiger partial charge in [0.2, 0.25) is 0 Å². The normalized spacial score (nSPS) is 18.0. The first-order chi connectivity index (χ1) is 9.97. The number of Topliss-reactive ketones (excluding diaryl/α,β-unsaturated/α-hetero) is 1. The van der Waals surface area contributed by atoms with Crippen LogP contribution < -0.4 is 5.56 Å². The summed E-state index contributed by atoms with van der Waals surface area (Å²) in [5, 5.41) is 0.802. The third-order valence-corrected chi connectivity index (χ3v) is 5.44. The second-order valence-corrected chi connectivity index (χ2v) is 7.18. The molecular weight excluding hydrogens is 284 g/mol. The Labute approximate surface area is 127 Å². The molecule has 1 aliphatic carbocycles. The van der Waals surface area contributed by atoms with Crippen LogP contribution in [0.1, 0.15) is 43.0 Å². The molecule has 0 saturated heterocycles. The van der Waals surface area contributed by atoms with Crippen molar-refractivity contribution < 1.29 is 4.79 Å². The van der Waals surface area contributed by atoms with Crippen LogP contribution in [0.2, 0.25) is 0 Å². The fourth-order valence-corrected chi connectivity index (χ4v) is 4.48. The SMILES string of the molecule is CC(=O)CCn1c(C)nc2sc3c(c2c1=O)CCC(C)C3. The van der Waals surface area contributed by atoms with E-state index in [4.69, 9.17) is 0 Å². The van der Waals surface area contributed by atoms with Gasteiger partial charge in [-0.05, 0) is 44.6 Å². The van der Waals surface area contributed by atoms with E-state index >= 15 is 0 Å². The minimum atomic E-state index is 0.0332. The van der Waals surface area contributed by atoms with Crippen molar-refractivity contribution >= 4 is 27.3 Å². The highest BCUT2D eigenvalue weighted by molar-refractivity contribution is 7.18. The Kier molecular flexibility index (Phi) is 3.69. The maximum Gasteiger partial charge on any atom is 0.262 e. The van der Waals surface area contributed by atoms with E-state index in [0.717, 1.165) is 29.5 Å². The Hall–Kier alpha value is -1.49. The summed E-state index contributed by atoms with van der Waals surface area (Å²) in [6.07, 6.45) is 3.56. The number of nitrogens with zero attached hydrogens (tertiary/aromatic N) is 2. The Morgan fingerprint density at radius 1 is 1.48 bits per heavy atom. The molecule has 0 bridgehead atoms. The Bertz CT molecular complexity index is 773. The van der Waals surface area contributed by atoms with E-state index in [0.29, 0.717) is 24.7 Å². The van der Waals surface area contributed by atoms with Gasteiger partial charge in [-0.15, -0.1) is 11.3 Å². The van der Waals surface area contributed by atoms with E-state index < -0.39 is 0 Å². The van der Waals surface area contributed by atoms with Crippen LogP contribution in [0.5, 0.6) is 0 Å². The largest absolute Gasteiger partial charge is 0.300 e. The number of carbonyl (C=O) groups is 1. The van der Waals surface area contributed by atoms with Crippen molar-refractivity contribution in [2.75, 3.05) is 0 Å². The molecule has 1 unspecified atom stereocenters. The summed E-state index contributed by atoms with van der Waals surface area (Å²) in [6, 6.07) is 0. The molecule has 0 fully saturated rings. The van der Waals surface area contributed by atoms with Crippen LogP contribution in [0.25, 0.3) is 10.2 Å². The zero-order valence-corrected chi connectivity index (χ0v) is 13.5. The second-order valence-electron chi connectivity index (χ2n) is 6.10. The molecule has 0 amide bonds. The monoisotopic (exact) mass is 304 g/mol. The van der Waals surface area contributed by atoms with Crippen molar-refractivity contribution in [1.82, 2.24) is 9.55 Å². The third-order valence-electron chi connectivity index (χ3n) is 4.29. The van der Waals surface area contributed by atoms with Crippen molar-refractivity contribution in [1.29, 1.82) is 0 Å². The van der Waals surface area contributed by atoms with Gasteiger partial charge in [-0.3, -0.25) is 14.2 Å². The minimum absolute atomic E-state index is 0.0332. The van der Waals surface area contributed by atoms with Crippen molar-refractivity contribution in [3.63, 3.8) is 0 Å². The minimum Gasteiger partial charge on any atom is -0.300 e. The van der Waals surface area contributed by atoms with Crippen LogP contribution in [-0.2, 0) is 24.2 Å². The molecule has 4 nitrogen and oxygen atoms in total. The Balaban J connectivity index is 2.15. The summed E-state index contributed by atoms with van der Waals surface area (Å²) >= 11 is 1.67. The Morgan fingerprint density at radius 3 is 2.95 bits per heavy atom. The predicted octanol–water partition coefficient (Wildman–Crippen LogP) is 2.87. The van der Waals surface area contributed by atoms with E-state index in [2.05, 4.69) is 11.9 Å². The average molecular weight is 304 g/mol. The first-order valence-electron chi connectivity index (χ1n) is 7.48. The van der Waals surface area contributed by atoms with E-state index in [9.17, 15) is 9.59 Å². The number of rotatable bonds is 3. The molecule has 1 aliphatic rings. The van der Waals surface area contributed by atoms with Gasteiger partial charge < -0.3 is 0 Å². The molecule has 112 valence electrons. The van der Waals surface area contributed by atoms with E-state index in [1.54, 1.807) is 22.8 Å². The third kappa shape index (κ3) is 2.55. The van der Waals surface area contributed by atoms with Gasteiger partial charge in [0, 0.05) is 17.8 Å². The summed E-state index contributed by atoms with van der Waals surface area (Å²) < 4.78 is 1.66. The molecule has 1 atom stereocenters. The van der Waals surface area contributed by atoms with Gasteiger partial charge in [-0.25, -0.2) is 4.98 Å². The molecule has 0 saturated carbocycles. The standard InChI is InChI=1S/C16H20N2O2S/c1-9-4-5-12-13(8-9)21-15-14(12)16(20)18(11(3)17-15)7-6-10(2)19/h9H,4-8H2,1-3H3. The summed E-state index contributed by atoms with van der Waals surface area (Å²) in [7, 11) is 0. The van der Waals surface area contributed by atoms with E-state index in [1.165, 1.54) is 10.4 Å². The fourth-order valence-electron chi connectivity index (χ4n) is 3.06. The van der Waals surface area contributed by atoms with Crippen LogP contribution in [0.3, 0.4) is 0 Å². The lowest BCUT2D eigenvalue weighted by atomic mass is 9.89. The number of carbonyl (C=O) groups excluding carboxylic acids is 1. The number of hydrogen-bond acceptors (Lipinski definition) is 4. The average Bonchev–Trinajstić information content (AvgIpc) is 2.74. The molecular formula is C16H20N2O2S. The van der Waals surface area contributed by atoms with Gasteiger partial charge in [0.25, 0.3) is 5.56 Å². The molecule has 0 N–H and O–H groups in total. The first-order valence-corrected chi connectivity index (χ1v) is 8.30. The lowest BCUT2D eigenvalue weighted by Gasteiger charge is -2.17. The van der Waals surface area contributed by atoms with Crippen molar-refractivity contribution in [2.45, 2.75) is 53.0 Å². The van der Waals surface area contributed by atoms with E-state index in [-0.39, 0.29) is 11.3 Å². The molecule has 2 heterocycles. The lowest BCUT2D eigenvalue weighted by molar-refractivity contribution is -0.117. The zero-order valence-electron chi connectivity index (χ0n) is 12.7. The lowest BCUT2D eigenvalue weighted by Crippen LogP contribution is -2.25. The maximum atomic E-state index is 12.8. The number of aromatic nitrogens is 2. The van der Waals surface area contributed by atoms with Crippen LogP contribution in [-0.4, -0.2) is 15.3 Å². The zero-order chi connectivity index (χ0) is 15.1. The topological polar surface area (TPSA) is 52.0 Å². The quantitative estimate of drug-likeness (QED) is 0.876. The van der Waals surface area contributed by atoms with Crippen molar-refractivity contribution in [3.8, 4) is 0 Å². The number of hydrogen-bond donors (Lipinski definition) is 0. The van der Waals surface area contributed by atoms with Gasteiger partial charge in [-0.2, -0.15) is 0 Å². The molecule has 3 rings (SSSR count). The van der Waals surface area contributed by atoms with Gasteiger partial charge in [-0.1, -0.05) is 6.92 Å². The molecule has 0 spiro atoms. The molecule has 2 aromatic rings. The summed E-state index contributed by atoms with van der Waals surface area (Å²) in [5.41, 5.74) is 1.24. The smallest absolute Gasteiger partial charge is 0.262 e. The molecule has 2 aromatic heterocycles. The van der Waals surface area contributed by atoms with Crippen LogP contribution in [0.15, 0.2) is 4.79 Å². The van der Waals surface area contributed by atoms with Crippen molar-refractivity contribution in [2.24, 2.45) is 5.92 Å². The van der Waals surface area contributed by atoms with Crippen LogP contribution in [0, 0.1) is 12.8 Å². The number of thiophene rings is 1. The highest BCUT2D eigenvalue weighted by Crippen LogP contribution is 2.35. The molecule has 5 heteroatoms. The predicted molar refractivity (Wildman–Crippen MR) is 85.1 cm³/mol. The first kappa shape index (κ1) is 14.4. The number of aryl methyl sites for hydroxylation is 2. The van der Waals surface area contributed by atoms with E-state index in [1.807, 2.05) is 6.92 Å². The molecule has 0 aliphatic heterocycles. The molecule has 0 radical (unpaired) electrons. The van der Waals surface area contributed by atoms with Gasteiger partial charge in [0.15, 0.2) is 0 Å². The second kappa shape index (κ2) is 5.37. The van der Waals surface area contributed by atoms with Gasteiger partial charge >= 0.3 is 0 Å². The number of fused-ring (bicyclic) bond motifs is 3.